The number of hydrogen-bond donors (Lipinski definition) is 2. The molecule has 0 aliphatic carbocycles. The van der Waals surface area contributed by atoms with Crippen molar-refractivity contribution in [1.82, 2.24) is 4.98 Å². The highest BCUT2D eigenvalue weighted by molar-refractivity contribution is 7.09. The Kier molecular flexibility index (Phi) is 8.61. The number of carbonyl (C=O) groups excluding carboxylic acids is 1. The lowest BCUT2D eigenvalue weighted by Crippen LogP contribution is -2.13. The highest BCUT2D eigenvalue weighted by atomic mass is 35.5. The number of nitrogens with two attached hydrogens (primary N) is 1. The number of nitrogens with one attached hydrogen (secondary N) is 1. The molecule has 0 aliphatic heterocycles. The summed E-state index contributed by atoms with van der Waals surface area (Å²) in [6, 6.07) is 7.39. The molecule has 5 nitrogen and oxygen atoms in total. The maximum atomic E-state index is 12.2. The first kappa shape index (κ1) is 19.4. The number of amides is 1. The van der Waals surface area contributed by atoms with Crippen LogP contribution in [-0.4, -0.2) is 24.0 Å². The fourth-order valence-corrected chi connectivity index (χ4v) is 2.64. The lowest BCUT2D eigenvalue weighted by Gasteiger charge is -2.08. The van der Waals surface area contributed by atoms with E-state index in [2.05, 4.69) is 17.2 Å². The first-order valence-corrected chi connectivity index (χ1v) is 8.29. The van der Waals surface area contributed by atoms with Gasteiger partial charge in [0.05, 0.1) is 11.6 Å². The van der Waals surface area contributed by atoms with Gasteiger partial charge in [0.25, 0.3) is 5.91 Å². The summed E-state index contributed by atoms with van der Waals surface area (Å²) < 4.78 is 5.63. The molecular weight excluding hydrogens is 334 g/mol. The van der Waals surface area contributed by atoms with E-state index in [1.807, 2.05) is 24.3 Å². The number of benzene rings is 1. The van der Waals surface area contributed by atoms with Crippen molar-refractivity contribution < 1.29 is 9.53 Å². The number of halogens is 1. The molecule has 0 radical (unpaired) electrons. The maximum absolute atomic E-state index is 12.2. The average molecular weight is 356 g/mol. The number of carbonyl (C=O) groups is 1. The summed E-state index contributed by atoms with van der Waals surface area (Å²) in [5.41, 5.74) is 6.61. The first-order chi connectivity index (χ1) is 10.7. The Morgan fingerprint density at radius 3 is 3.00 bits per heavy atom. The molecule has 0 saturated heterocycles. The molecule has 0 spiro atoms. The van der Waals surface area contributed by atoms with Crippen molar-refractivity contribution in [3.8, 4) is 5.75 Å². The van der Waals surface area contributed by atoms with Crippen LogP contribution in [0.4, 0.5) is 5.69 Å². The smallest absolute Gasteiger partial charge is 0.275 e. The molecule has 0 saturated carbocycles. The summed E-state index contributed by atoms with van der Waals surface area (Å²) in [6.07, 6.45) is 2.80. The summed E-state index contributed by atoms with van der Waals surface area (Å²) in [5, 5.41) is 5.47. The van der Waals surface area contributed by atoms with Gasteiger partial charge in [-0.15, -0.1) is 23.7 Å². The molecule has 2 aromatic rings. The van der Waals surface area contributed by atoms with E-state index in [1.165, 1.54) is 11.3 Å². The quantitative estimate of drug-likeness (QED) is 0.710. The number of aromatic nitrogens is 1. The van der Waals surface area contributed by atoms with E-state index < -0.39 is 0 Å². The number of hydrogen-bond acceptors (Lipinski definition) is 5. The molecular formula is C16H22ClN3O2S. The standard InChI is InChI=1S/C16H21N3O2S.ClH/c1-2-3-9-21-13-6-4-5-12(10-13)18-16(20)14-11-22-15(19-14)7-8-17;/h4-6,10-11H,2-3,7-9,17H2,1H3,(H,18,20);1H. The molecule has 23 heavy (non-hydrogen) atoms. The largest absolute Gasteiger partial charge is 0.494 e. The molecule has 1 aromatic heterocycles. The third kappa shape index (κ3) is 6.17. The number of nitrogens with zero attached hydrogens (tertiary/aromatic N) is 1. The van der Waals surface area contributed by atoms with Gasteiger partial charge in [-0.1, -0.05) is 19.4 Å². The van der Waals surface area contributed by atoms with Crippen LogP contribution in [0.2, 0.25) is 0 Å². The predicted molar refractivity (Wildman–Crippen MR) is 96.9 cm³/mol. The van der Waals surface area contributed by atoms with E-state index in [0.29, 0.717) is 31.0 Å². The van der Waals surface area contributed by atoms with Crippen LogP contribution in [0.3, 0.4) is 0 Å². The van der Waals surface area contributed by atoms with Crippen LogP contribution in [0, 0.1) is 0 Å². The summed E-state index contributed by atoms with van der Waals surface area (Å²) in [4.78, 5) is 16.4. The lowest BCUT2D eigenvalue weighted by atomic mass is 10.3. The molecule has 1 amide bonds. The molecule has 3 N–H and O–H groups in total. The van der Waals surface area contributed by atoms with Gasteiger partial charge in [-0.2, -0.15) is 0 Å². The second-order valence-electron chi connectivity index (χ2n) is 4.85. The van der Waals surface area contributed by atoms with Crippen molar-refractivity contribution in [3.05, 3.63) is 40.3 Å². The highest BCUT2D eigenvalue weighted by Gasteiger charge is 2.11. The molecule has 0 unspecified atom stereocenters. The minimum atomic E-state index is -0.217. The van der Waals surface area contributed by atoms with Crippen molar-refractivity contribution in [2.45, 2.75) is 26.2 Å². The molecule has 0 fully saturated rings. The Hall–Kier alpha value is -1.63. The summed E-state index contributed by atoms with van der Waals surface area (Å²) in [6.45, 7) is 3.33. The third-order valence-electron chi connectivity index (χ3n) is 3.00. The van der Waals surface area contributed by atoms with Crippen LogP contribution in [0.15, 0.2) is 29.6 Å². The average Bonchev–Trinajstić information content (AvgIpc) is 2.97. The van der Waals surface area contributed by atoms with Crippen LogP contribution in [-0.2, 0) is 6.42 Å². The van der Waals surface area contributed by atoms with E-state index in [1.54, 1.807) is 5.38 Å². The zero-order valence-corrected chi connectivity index (χ0v) is 14.7. The number of thiazole rings is 1. The van der Waals surface area contributed by atoms with Crippen molar-refractivity contribution in [3.63, 3.8) is 0 Å². The topological polar surface area (TPSA) is 77.2 Å². The normalized spacial score (nSPS) is 10.0. The third-order valence-corrected chi connectivity index (χ3v) is 3.91. The fraction of sp³-hybridized carbons (Fsp3) is 0.375. The Bertz CT molecular complexity index is 619. The fourth-order valence-electron chi connectivity index (χ4n) is 1.85. The zero-order valence-electron chi connectivity index (χ0n) is 13.1. The Labute approximate surface area is 146 Å². The van der Waals surface area contributed by atoms with Crippen LogP contribution in [0.25, 0.3) is 0 Å². The monoisotopic (exact) mass is 355 g/mol. The zero-order chi connectivity index (χ0) is 15.8. The van der Waals surface area contributed by atoms with E-state index in [4.69, 9.17) is 10.5 Å². The predicted octanol–water partition coefficient (Wildman–Crippen LogP) is 3.50. The molecule has 0 aliphatic rings. The van der Waals surface area contributed by atoms with Crippen LogP contribution in [0.1, 0.15) is 35.3 Å². The van der Waals surface area contributed by atoms with Gasteiger partial charge in [-0.05, 0) is 25.1 Å². The summed E-state index contributed by atoms with van der Waals surface area (Å²) >= 11 is 1.45. The maximum Gasteiger partial charge on any atom is 0.275 e. The number of unbranched alkanes of at least 4 members (excludes halogenated alkanes) is 1. The van der Waals surface area contributed by atoms with Crippen LogP contribution < -0.4 is 15.8 Å². The van der Waals surface area contributed by atoms with Crippen LogP contribution in [0.5, 0.6) is 5.75 Å². The molecule has 2 rings (SSSR count). The van der Waals surface area contributed by atoms with E-state index in [0.717, 1.165) is 23.6 Å². The first-order valence-electron chi connectivity index (χ1n) is 7.41. The van der Waals surface area contributed by atoms with Gasteiger partial charge in [0.2, 0.25) is 0 Å². The lowest BCUT2D eigenvalue weighted by molar-refractivity contribution is 0.102. The van der Waals surface area contributed by atoms with Crippen molar-refractivity contribution in [2.24, 2.45) is 5.73 Å². The van der Waals surface area contributed by atoms with Gasteiger partial charge in [0.1, 0.15) is 11.4 Å². The van der Waals surface area contributed by atoms with Gasteiger partial charge >= 0.3 is 0 Å². The van der Waals surface area contributed by atoms with Crippen molar-refractivity contribution >= 4 is 35.3 Å². The minimum Gasteiger partial charge on any atom is -0.494 e. The second-order valence-corrected chi connectivity index (χ2v) is 5.79. The number of ether oxygens (including phenoxy) is 1. The SMILES string of the molecule is CCCCOc1cccc(NC(=O)c2csc(CCN)n2)c1.Cl. The van der Waals surface area contributed by atoms with E-state index in [9.17, 15) is 4.79 Å². The molecule has 0 bridgehead atoms. The van der Waals surface area contributed by atoms with Gasteiger partial charge in [-0.25, -0.2) is 4.98 Å². The molecule has 1 heterocycles. The molecule has 7 heteroatoms. The summed E-state index contributed by atoms with van der Waals surface area (Å²) in [7, 11) is 0. The van der Waals surface area contributed by atoms with Gasteiger partial charge in [-0.3, -0.25) is 4.79 Å². The van der Waals surface area contributed by atoms with Crippen LogP contribution >= 0.6 is 23.7 Å². The van der Waals surface area contributed by atoms with E-state index in [-0.39, 0.29) is 18.3 Å². The second kappa shape index (κ2) is 10.2. The molecule has 1 aromatic carbocycles. The van der Waals surface area contributed by atoms with Crippen molar-refractivity contribution in [2.75, 3.05) is 18.5 Å². The van der Waals surface area contributed by atoms with Crippen molar-refractivity contribution in [1.29, 1.82) is 0 Å². The summed E-state index contributed by atoms with van der Waals surface area (Å²) in [5.74, 6) is 0.540. The minimum absolute atomic E-state index is 0. The Balaban J connectivity index is 0.00000264. The Morgan fingerprint density at radius 1 is 1.43 bits per heavy atom. The Morgan fingerprint density at radius 2 is 2.26 bits per heavy atom. The number of rotatable bonds is 8. The molecule has 126 valence electrons. The van der Waals surface area contributed by atoms with E-state index >= 15 is 0 Å². The van der Waals surface area contributed by atoms with Gasteiger partial charge in [0.15, 0.2) is 0 Å². The molecule has 0 atom stereocenters. The van der Waals surface area contributed by atoms with Gasteiger partial charge in [0, 0.05) is 23.6 Å². The number of anilines is 1. The highest BCUT2D eigenvalue weighted by Crippen LogP contribution is 2.19. The van der Waals surface area contributed by atoms with Gasteiger partial charge < -0.3 is 15.8 Å².